The van der Waals surface area contributed by atoms with E-state index in [0.29, 0.717) is 51.0 Å². The van der Waals surface area contributed by atoms with Gasteiger partial charge in [0, 0.05) is 63.5 Å². The Morgan fingerprint density at radius 1 is 0.917 bits per heavy atom. The van der Waals surface area contributed by atoms with Gasteiger partial charge < -0.3 is 19.6 Å². The number of nitrogens with zero attached hydrogens (tertiary/aromatic N) is 5. The lowest BCUT2D eigenvalue weighted by Gasteiger charge is -2.44. The van der Waals surface area contributed by atoms with Crippen molar-refractivity contribution in [2.24, 2.45) is 11.8 Å². The Labute approximate surface area is 279 Å². The number of carbonyl (C=O) groups excluding carboxylic acids is 3. The van der Waals surface area contributed by atoms with E-state index in [9.17, 15) is 27.6 Å². The molecule has 3 amide bonds. The maximum Gasteiger partial charge on any atom is 0.410 e. The van der Waals surface area contributed by atoms with Gasteiger partial charge in [0.1, 0.15) is 18.1 Å². The number of piperidine rings is 1. The molecule has 4 atom stereocenters. The van der Waals surface area contributed by atoms with E-state index in [2.05, 4.69) is 10.9 Å². The summed E-state index contributed by atoms with van der Waals surface area (Å²) in [4.78, 5) is 49.5. The first-order valence-corrected chi connectivity index (χ1v) is 17.1. The zero-order valence-electron chi connectivity index (χ0n) is 27.1. The maximum atomic E-state index is 14.4. The topological polar surface area (TPSA) is 91.5 Å². The van der Waals surface area contributed by atoms with Crippen LogP contribution in [0.2, 0.25) is 0 Å². The fraction of sp³-hybridized carbons (Fsp3) is 0.571. The molecule has 4 unspecified atom stereocenters. The molecule has 4 aliphatic heterocycles. The molecule has 7 rings (SSSR count). The van der Waals surface area contributed by atoms with Crippen LogP contribution < -0.4 is 15.8 Å². The first kappa shape index (κ1) is 32.8. The summed E-state index contributed by atoms with van der Waals surface area (Å²) in [6, 6.07) is 17.2. The molecule has 48 heavy (non-hydrogen) atoms. The van der Waals surface area contributed by atoms with Crippen molar-refractivity contribution >= 4 is 23.4 Å². The number of piperazine rings is 1. The van der Waals surface area contributed by atoms with Gasteiger partial charge in [0.05, 0.1) is 6.67 Å². The van der Waals surface area contributed by atoms with Crippen LogP contribution in [0.5, 0.6) is 0 Å². The molecule has 0 radical (unpaired) electrons. The SMILES string of the molecule is O=C(C1CCC2NNCC2C1)N1CCC2(CC1)C(=O)N(CC(=O)N1CCN(Cc3ccccc3)CC1C(F)(F)F)CN2c1ccccc1. The van der Waals surface area contributed by atoms with Crippen LogP contribution in [0.15, 0.2) is 60.7 Å². The molecule has 1 aliphatic carbocycles. The standard InChI is InChI=1S/C35H44F3N7O3/c36-35(37,38)30-22-41(21-25-7-3-1-4-8-25)17-18-44(30)31(46)23-43-24-45(28-9-5-2-6-10-28)34(33(43)48)13-15-42(16-14-34)32(47)26-11-12-29-27(19-26)20-39-40-29/h1-10,26-27,29-30,39-40H,11-24H2. The normalized spacial score (nSPS) is 27.9. The molecule has 2 aromatic rings. The van der Waals surface area contributed by atoms with Crippen LogP contribution in [0.3, 0.4) is 0 Å². The number of carbonyl (C=O) groups is 3. The number of benzene rings is 2. The third-order valence-electron chi connectivity index (χ3n) is 11.2. The second-order valence-corrected chi connectivity index (χ2v) is 14.0. The maximum absolute atomic E-state index is 14.4. The molecule has 5 aliphatic rings. The summed E-state index contributed by atoms with van der Waals surface area (Å²) in [5, 5.41) is 0. The predicted molar refractivity (Wildman–Crippen MR) is 173 cm³/mol. The van der Waals surface area contributed by atoms with Crippen LogP contribution in [0.4, 0.5) is 18.9 Å². The zero-order chi connectivity index (χ0) is 33.5. The highest BCUT2D eigenvalue weighted by atomic mass is 19.4. The van der Waals surface area contributed by atoms with E-state index in [4.69, 9.17) is 0 Å². The van der Waals surface area contributed by atoms with Crippen LogP contribution in [0, 0.1) is 11.8 Å². The lowest BCUT2D eigenvalue weighted by atomic mass is 9.77. The highest BCUT2D eigenvalue weighted by Gasteiger charge is 2.56. The summed E-state index contributed by atoms with van der Waals surface area (Å²) in [5.41, 5.74) is 7.26. The van der Waals surface area contributed by atoms with Crippen LogP contribution in [0.25, 0.3) is 0 Å². The van der Waals surface area contributed by atoms with E-state index in [1.807, 2.05) is 70.5 Å². The van der Waals surface area contributed by atoms with Gasteiger partial charge in [-0.1, -0.05) is 48.5 Å². The highest BCUT2D eigenvalue weighted by molar-refractivity contribution is 5.96. The third-order valence-corrected chi connectivity index (χ3v) is 11.2. The van der Waals surface area contributed by atoms with E-state index >= 15 is 0 Å². The van der Waals surface area contributed by atoms with Crippen LogP contribution in [0.1, 0.15) is 37.7 Å². The number of amides is 3. The average molecular weight is 668 g/mol. The second kappa shape index (κ2) is 13.3. The number of hydrazine groups is 1. The van der Waals surface area contributed by atoms with Gasteiger partial charge in [-0.2, -0.15) is 13.2 Å². The summed E-state index contributed by atoms with van der Waals surface area (Å²) in [7, 11) is 0. The first-order valence-electron chi connectivity index (χ1n) is 17.1. The molecule has 4 heterocycles. The molecule has 0 bridgehead atoms. The van der Waals surface area contributed by atoms with E-state index in [1.54, 1.807) is 4.90 Å². The van der Waals surface area contributed by atoms with E-state index in [1.165, 1.54) is 4.90 Å². The van der Waals surface area contributed by atoms with Gasteiger partial charge in [0.2, 0.25) is 11.8 Å². The van der Waals surface area contributed by atoms with Crippen molar-refractivity contribution in [3.8, 4) is 0 Å². The van der Waals surface area contributed by atoms with Gasteiger partial charge in [0.15, 0.2) is 0 Å². The molecule has 13 heteroatoms. The highest BCUT2D eigenvalue weighted by Crippen LogP contribution is 2.41. The number of fused-ring (bicyclic) bond motifs is 1. The van der Waals surface area contributed by atoms with Gasteiger partial charge in [-0.05, 0) is 55.7 Å². The number of anilines is 1. The third kappa shape index (κ3) is 6.39. The largest absolute Gasteiger partial charge is 0.410 e. The molecule has 1 saturated carbocycles. The minimum Gasteiger partial charge on any atom is -0.342 e. The van der Waals surface area contributed by atoms with Gasteiger partial charge in [-0.25, -0.2) is 0 Å². The fourth-order valence-electron chi connectivity index (χ4n) is 8.56. The van der Waals surface area contributed by atoms with Crippen molar-refractivity contribution < 1.29 is 27.6 Å². The molecule has 4 saturated heterocycles. The molecule has 5 fully saturated rings. The van der Waals surface area contributed by atoms with Crippen molar-refractivity contribution in [1.82, 2.24) is 30.5 Å². The number of alkyl halides is 3. The number of likely N-dealkylation sites (tertiary alicyclic amines) is 1. The van der Waals surface area contributed by atoms with Crippen molar-refractivity contribution in [2.75, 3.05) is 57.4 Å². The molecular formula is C35H44F3N7O3. The lowest BCUT2D eigenvalue weighted by Crippen LogP contribution is -2.62. The minimum atomic E-state index is -4.61. The summed E-state index contributed by atoms with van der Waals surface area (Å²) in [6.07, 6.45) is -1.20. The molecule has 1 spiro atoms. The van der Waals surface area contributed by atoms with E-state index < -0.39 is 30.2 Å². The number of hydrogen-bond donors (Lipinski definition) is 2. The molecule has 10 nitrogen and oxygen atoms in total. The summed E-state index contributed by atoms with van der Waals surface area (Å²) in [6.45, 7) is 1.63. The van der Waals surface area contributed by atoms with Gasteiger partial charge >= 0.3 is 6.18 Å². The summed E-state index contributed by atoms with van der Waals surface area (Å²) in [5.74, 6) is -0.418. The van der Waals surface area contributed by atoms with Crippen LogP contribution >= 0.6 is 0 Å². The molecule has 258 valence electrons. The molecule has 0 aromatic heterocycles. The summed E-state index contributed by atoms with van der Waals surface area (Å²) >= 11 is 0. The quantitative estimate of drug-likeness (QED) is 0.490. The zero-order valence-corrected chi connectivity index (χ0v) is 27.1. The number of rotatable bonds is 6. The van der Waals surface area contributed by atoms with E-state index in [0.717, 1.165) is 42.0 Å². The van der Waals surface area contributed by atoms with Crippen molar-refractivity contribution in [3.05, 3.63) is 66.2 Å². The van der Waals surface area contributed by atoms with Gasteiger partial charge in [0.25, 0.3) is 5.91 Å². The molecule has 2 aromatic carbocycles. The molecule has 2 N–H and O–H groups in total. The van der Waals surface area contributed by atoms with Crippen LogP contribution in [-0.2, 0) is 20.9 Å². The Bertz CT molecular complexity index is 1470. The predicted octanol–water partition coefficient (Wildman–Crippen LogP) is 2.82. The minimum absolute atomic E-state index is 0.0321. The summed E-state index contributed by atoms with van der Waals surface area (Å²) < 4.78 is 43.1. The second-order valence-electron chi connectivity index (χ2n) is 14.0. The van der Waals surface area contributed by atoms with E-state index in [-0.39, 0.29) is 37.5 Å². The van der Waals surface area contributed by atoms with Gasteiger partial charge in [-0.15, -0.1) is 0 Å². The Balaban J connectivity index is 1.04. The lowest BCUT2D eigenvalue weighted by molar-refractivity contribution is -0.201. The number of para-hydroxylation sites is 1. The monoisotopic (exact) mass is 667 g/mol. The van der Waals surface area contributed by atoms with Gasteiger partial charge in [-0.3, -0.25) is 30.1 Å². The average Bonchev–Trinajstić information content (AvgIpc) is 3.67. The van der Waals surface area contributed by atoms with Crippen molar-refractivity contribution in [1.29, 1.82) is 0 Å². The Hall–Kier alpha value is -3.68. The smallest absolute Gasteiger partial charge is 0.342 e. The Morgan fingerprint density at radius 3 is 2.33 bits per heavy atom. The fourth-order valence-corrected chi connectivity index (χ4v) is 8.56. The van der Waals surface area contributed by atoms with Crippen molar-refractivity contribution in [2.45, 2.75) is 62.4 Å². The Kier molecular flexibility index (Phi) is 9.12. The first-order chi connectivity index (χ1) is 23.1. The number of hydrogen-bond acceptors (Lipinski definition) is 7. The number of halogens is 3. The molecular weight excluding hydrogens is 623 g/mol. The Morgan fingerprint density at radius 2 is 1.62 bits per heavy atom. The van der Waals surface area contributed by atoms with Crippen molar-refractivity contribution in [3.63, 3.8) is 0 Å². The van der Waals surface area contributed by atoms with Crippen LogP contribution in [-0.4, -0.2) is 114 Å². The number of nitrogens with one attached hydrogen (secondary N) is 2.